The van der Waals surface area contributed by atoms with Crippen LogP contribution < -0.4 is 5.32 Å². The van der Waals surface area contributed by atoms with Gasteiger partial charge in [0, 0.05) is 6.42 Å². The van der Waals surface area contributed by atoms with E-state index in [4.69, 9.17) is 9.47 Å². The van der Waals surface area contributed by atoms with Crippen LogP contribution in [-0.2, 0) is 14.3 Å². The Morgan fingerprint density at radius 1 is 0.478 bits per heavy atom. The van der Waals surface area contributed by atoms with E-state index in [0.29, 0.717) is 6.42 Å². The summed E-state index contributed by atoms with van der Waals surface area (Å²) in [7, 11) is 0. The number of carbonyl (C=O) groups is 1. The van der Waals surface area contributed by atoms with Crippen molar-refractivity contribution < 1.29 is 39.8 Å². The molecule has 0 aromatic heterocycles. The third-order valence-corrected chi connectivity index (χ3v) is 14.9. The van der Waals surface area contributed by atoms with Crippen LogP contribution >= 0.6 is 0 Å². The maximum atomic E-state index is 13.0. The molecular weight excluding hydrogens is 863 g/mol. The Kier molecular flexibility index (Phi) is 48.2. The minimum atomic E-state index is -1.56. The summed E-state index contributed by atoms with van der Waals surface area (Å²) in [5.74, 6) is -0.170. The van der Waals surface area contributed by atoms with Gasteiger partial charge in [0.2, 0.25) is 5.91 Å². The van der Waals surface area contributed by atoms with Gasteiger partial charge in [-0.3, -0.25) is 4.79 Å². The molecule has 9 nitrogen and oxygen atoms in total. The number of aliphatic hydroxyl groups excluding tert-OH is 5. The van der Waals surface area contributed by atoms with Crippen molar-refractivity contribution in [2.24, 2.45) is 0 Å². The Hall–Kier alpha value is -1.07. The molecule has 0 aliphatic carbocycles. The van der Waals surface area contributed by atoms with E-state index in [2.05, 4.69) is 19.2 Å². The van der Waals surface area contributed by atoms with E-state index in [1.54, 1.807) is 6.08 Å². The molecule has 0 aromatic rings. The number of amides is 1. The summed E-state index contributed by atoms with van der Waals surface area (Å²) in [5.41, 5.74) is 0. The first-order valence-corrected chi connectivity index (χ1v) is 30.4. The molecule has 7 atom stereocenters. The average molecular weight is 981 g/mol. The van der Waals surface area contributed by atoms with E-state index in [-0.39, 0.29) is 12.5 Å². The predicted octanol–water partition coefficient (Wildman–Crippen LogP) is 15.2. The van der Waals surface area contributed by atoms with E-state index < -0.39 is 49.5 Å². The van der Waals surface area contributed by atoms with Crippen LogP contribution in [0.15, 0.2) is 12.2 Å². The molecule has 7 unspecified atom stereocenters. The van der Waals surface area contributed by atoms with Crippen molar-refractivity contribution in [3.8, 4) is 0 Å². The highest BCUT2D eigenvalue weighted by Crippen LogP contribution is 2.23. The molecule has 1 saturated heterocycles. The van der Waals surface area contributed by atoms with Gasteiger partial charge < -0.3 is 40.3 Å². The normalized spacial score (nSPS) is 19.4. The summed E-state index contributed by atoms with van der Waals surface area (Å²) >= 11 is 0. The van der Waals surface area contributed by atoms with Gasteiger partial charge in [-0.25, -0.2) is 0 Å². The molecule has 1 heterocycles. The van der Waals surface area contributed by atoms with Crippen LogP contribution in [0, 0.1) is 0 Å². The number of carbonyl (C=O) groups excluding carboxylic acids is 1. The smallest absolute Gasteiger partial charge is 0.220 e. The van der Waals surface area contributed by atoms with Gasteiger partial charge in [0.25, 0.3) is 0 Å². The number of allylic oxidation sites excluding steroid dienone is 1. The first-order chi connectivity index (χ1) is 33.8. The van der Waals surface area contributed by atoms with E-state index in [9.17, 15) is 30.3 Å². The highest BCUT2D eigenvalue weighted by Gasteiger charge is 2.44. The van der Waals surface area contributed by atoms with Crippen molar-refractivity contribution in [2.75, 3.05) is 13.2 Å². The highest BCUT2D eigenvalue weighted by atomic mass is 16.7. The first kappa shape index (κ1) is 65.9. The number of unbranched alkanes of at least 4 members (excludes halogenated alkanes) is 43. The average Bonchev–Trinajstić information content (AvgIpc) is 3.35. The Bertz CT molecular complexity index is 1090. The molecule has 1 aliphatic heterocycles. The molecule has 9 heteroatoms. The molecule has 0 bridgehead atoms. The van der Waals surface area contributed by atoms with Crippen LogP contribution in [0.5, 0.6) is 0 Å². The molecule has 1 fully saturated rings. The predicted molar refractivity (Wildman–Crippen MR) is 291 cm³/mol. The summed E-state index contributed by atoms with van der Waals surface area (Å²) in [5, 5.41) is 54.4. The van der Waals surface area contributed by atoms with Crippen molar-refractivity contribution >= 4 is 5.91 Å². The Morgan fingerprint density at radius 2 is 0.797 bits per heavy atom. The maximum absolute atomic E-state index is 13.0. The second kappa shape index (κ2) is 50.5. The Labute approximate surface area is 426 Å². The molecule has 6 N–H and O–H groups in total. The fourth-order valence-corrected chi connectivity index (χ4v) is 10.0. The first-order valence-electron chi connectivity index (χ1n) is 30.4. The van der Waals surface area contributed by atoms with E-state index in [0.717, 1.165) is 38.5 Å². The van der Waals surface area contributed by atoms with Crippen LogP contribution in [0.25, 0.3) is 0 Å². The van der Waals surface area contributed by atoms with Gasteiger partial charge in [0.05, 0.1) is 25.4 Å². The van der Waals surface area contributed by atoms with E-state index >= 15 is 0 Å². The molecule has 0 aromatic carbocycles. The van der Waals surface area contributed by atoms with Crippen LogP contribution in [0.2, 0.25) is 0 Å². The number of ether oxygens (including phenoxy) is 2. The van der Waals surface area contributed by atoms with E-state index in [1.165, 1.54) is 250 Å². The summed E-state index contributed by atoms with van der Waals surface area (Å²) in [6, 6.07) is -0.800. The van der Waals surface area contributed by atoms with Crippen molar-refractivity contribution in [1.29, 1.82) is 0 Å². The third-order valence-electron chi connectivity index (χ3n) is 14.9. The second-order valence-corrected chi connectivity index (χ2v) is 21.5. The van der Waals surface area contributed by atoms with Crippen molar-refractivity contribution in [3.05, 3.63) is 12.2 Å². The van der Waals surface area contributed by atoms with Crippen molar-refractivity contribution in [3.63, 3.8) is 0 Å². The van der Waals surface area contributed by atoms with Gasteiger partial charge in [-0.1, -0.05) is 296 Å². The largest absolute Gasteiger partial charge is 0.394 e. The monoisotopic (exact) mass is 980 g/mol. The van der Waals surface area contributed by atoms with Crippen LogP contribution in [-0.4, -0.2) is 87.5 Å². The quantitative estimate of drug-likeness (QED) is 0.0261. The lowest BCUT2D eigenvalue weighted by Gasteiger charge is -2.40. The van der Waals surface area contributed by atoms with Crippen LogP contribution in [0.1, 0.15) is 309 Å². The number of hydrogen-bond acceptors (Lipinski definition) is 8. The summed E-state index contributed by atoms with van der Waals surface area (Å²) in [6.45, 7) is 3.81. The molecule has 69 heavy (non-hydrogen) atoms. The minimum absolute atomic E-state index is 0.170. The second-order valence-electron chi connectivity index (χ2n) is 21.5. The van der Waals surface area contributed by atoms with Crippen molar-refractivity contribution in [1.82, 2.24) is 5.32 Å². The van der Waals surface area contributed by atoms with Gasteiger partial charge in [-0.05, 0) is 19.3 Å². The van der Waals surface area contributed by atoms with Gasteiger partial charge in [0.1, 0.15) is 24.4 Å². The summed E-state index contributed by atoms with van der Waals surface area (Å²) in [4.78, 5) is 13.0. The Morgan fingerprint density at radius 3 is 1.13 bits per heavy atom. The fourth-order valence-electron chi connectivity index (χ4n) is 10.0. The zero-order valence-corrected chi connectivity index (χ0v) is 45.6. The molecule has 0 spiro atoms. The van der Waals surface area contributed by atoms with Gasteiger partial charge in [-0.15, -0.1) is 0 Å². The van der Waals surface area contributed by atoms with Gasteiger partial charge in [0.15, 0.2) is 6.29 Å². The number of rotatable bonds is 53. The molecule has 1 rings (SSSR count). The minimum Gasteiger partial charge on any atom is -0.394 e. The zero-order chi connectivity index (χ0) is 50.1. The zero-order valence-electron chi connectivity index (χ0n) is 45.6. The Balaban J connectivity index is 2.09. The maximum Gasteiger partial charge on any atom is 0.220 e. The van der Waals surface area contributed by atoms with Crippen LogP contribution in [0.3, 0.4) is 0 Å². The lowest BCUT2D eigenvalue weighted by Crippen LogP contribution is -2.60. The molecule has 0 saturated carbocycles. The molecule has 1 amide bonds. The lowest BCUT2D eigenvalue weighted by atomic mass is 9.99. The van der Waals surface area contributed by atoms with Gasteiger partial charge >= 0.3 is 0 Å². The number of aliphatic hydroxyl groups is 5. The topological polar surface area (TPSA) is 149 Å². The number of hydrogen-bond donors (Lipinski definition) is 6. The van der Waals surface area contributed by atoms with Crippen LogP contribution in [0.4, 0.5) is 0 Å². The number of nitrogens with one attached hydrogen (secondary N) is 1. The highest BCUT2D eigenvalue weighted by molar-refractivity contribution is 5.76. The summed E-state index contributed by atoms with van der Waals surface area (Å²) < 4.78 is 11.3. The molecule has 0 radical (unpaired) electrons. The molecule has 410 valence electrons. The summed E-state index contributed by atoms with van der Waals surface area (Å²) in [6.07, 6.45) is 55.9. The lowest BCUT2D eigenvalue weighted by molar-refractivity contribution is -0.302. The van der Waals surface area contributed by atoms with Gasteiger partial charge in [-0.2, -0.15) is 0 Å². The molecular formula is C60H117NO8. The SMILES string of the molecule is CCCCCCCCCCCCCC/C=C/C(O)C(COC1OC(CO)C(O)C(O)C1O)NC(=O)CCCCCCCCCCCCCCCCCCCCCCCCCCCCCCCCCC. The molecule has 1 aliphatic rings. The third kappa shape index (κ3) is 40.1. The standard InChI is InChI=1S/C60H117NO8/c1-3-5-7-9-11-13-15-17-19-20-21-22-23-24-25-26-27-28-29-30-31-32-33-34-35-36-38-40-42-44-46-48-50-56(64)61-53(52-68-60-59(67)58(66)57(65)55(51-62)69-60)54(63)49-47-45-43-41-39-37-18-16-14-12-10-8-6-4-2/h47,49,53-55,57-60,62-63,65-67H,3-46,48,50-52H2,1-2H3,(H,61,64)/b49-47+. The fraction of sp³-hybridized carbons (Fsp3) is 0.950. The van der Waals surface area contributed by atoms with E-state index in [1.807, 2.05) is 6.08 Å². The van der Waals surface area contributed by atoms with Crippen molar-refractivity contribution in [2.45, 2.75) is 352 Å².